The van der Waals surface area contributed by atoms with Crippen LogP contribution in [0.5, 0.6) is 0 Å². The summed E-state index contributed by atoms with van der Waals surface area (Å²) >= 11 is 1.13. The van der Waals surface area contributed by atoms with E-state index in [-0.39, 0.29) is 29.9 Å². The topological polar surface area (TPSA) is 188 Å². The highest BCUT2D eigenvalue weighted by atomic mass is 32.2. The number of nitrogens with one attached hydrogen (secondary N) is 1. The summed E-state index contributed by atoms with van der Waals surface area (Å²) in [5.41, 5.74) is -0.162. The first-order chi connectivity index (χ1) is 16.9. The second-order valence-electron chi connectivity index (χ2n) is 9.06. The maximum atomic E-state index is 12.9. The Morgan fingerprint density at radius 1 is 1.22 bits per heavy atom. The number of carboxylic acid groups (broad SMARTS) is 3. The number of carbonyl (C=O) groups excluding carboxylic acids is 3. The summed E-state index contributed by atoms with van der Waals surface area (Å²) in [6.07, 6.45) is -2.20. The number of aliphatic carboxylic acids is 1. The highest BCUT2D eigenvalue weighted by Gasteiger charge is 2.60. The minimum absolute atomic E-state index is 0.0568. The number of carbonyl (C=O) groups is 5. The van der Waals surface area contributed by atoms with Gasteiger partial charge in [-0.3, -0.25) is 14.5 Å². The lowest BCUT2D eigenvalue weighted by molar-refractivity contribution is -0.255. The van der Waals surface area contributed by atoms with E-state index < -0.39 is 65.1 Å². The fourth-order valence-corrected chi connectivity index (χ4v) is 6.67. The summed E-state index contributed by atoms with van der Waals surface area (Å²) in [7, 11) is 0. The van der Waals surface area contributed by atoms with Gasteiger partial charge in [-0.05, 0) is 31.0 Å². The smallest absolute Gasteiger partial charge is 0.408 e. The van der Waals surface area contributed by atoms with Crippen LogP contribution < -0.4 is 10.4 Å². The Balaban J connectivity index is 1.53. The van der Waals surface area contributed by atoms with Crippen LogP contribution >= 0.6 is 11.8 Å². The largest absolute Gasteiger partial charge is 0.545 e. The molecule has 3 heterocycles. The molecule has 2 saturated heterocycles. The van der Waals surface area contributed by atoms with E-state index in [4.69, 9.17) is 0 Å². The van der Waals surface area contributed by atoms with Gasteiger partial charge in [-0.15, -0.1) is 11.8 Å². The number of benzene rings is 1. The predicted molar refractivity (Wildman–Crippen MR) is 124 cm³/mol. The van der Waals surface area contributed by atoms with Crippen LogP contribution in [0.3, 0.4) is 0 Å². The molecule has 13 heteroatoms. The summed E-state index contributed by atoms with van der Waals surface area (Å²) in [5.74, 6) is -4.96. The first-order valence-corrected chi connectivity index (χ1v) is 12.1. The van der Waals surface area contributed by atoms with E-state index in [0.717, 1.165) is 16.7 Å². The number of anilines is 1. The Labute approximate surface area is 209 Å². The van der Waals surface area contributed by atoms with Crippen molar-refractivity contribution in [1.29, 1.82) is 0 Å². The number of fused-ring (bicyclic) bond motifs is 1. The van der Waals surface area contributed by atoms with Crippen LogP contribution in [0.1, 0.15) is 30.6 Å². The van der Waals surface area contributed by atoms with Crippen LogP contribution in [0.15, 0.2) is 34.9 Å². The molecule has 0 bridgehead atoms. The first-order valence-electron chi connectivity index (χ1n) is 11.2. The Morgan fingerprint density at radius 3 is 2.50 bits per heavy atom. The van der Waals surface area contributed by atoms with Crippen LogP contribution in [0.2, 0.25) is 0 Å². The number of rotatable bonds is 7. The standard InChI is InChI=1S/C23H25N3O9S/c1-9-16-15(10(2)27)20(29)26(16)17(22(32)33)18(9)36-13-7-14(25(8-13)23(34)35)19(28)24-12-5-3-4-11(6-12)21(30)31/h3-6,9-10,13-16,27H,7-8H2,1-2H3,(H,24,28)(H,30,31)(H,32,33)(H,34,35)/p-1/t9-,10-,13+,14+,15-,16-/m1/s1. The number of aromatic carboxylic acids is 1. The highest BCUT2D eigenvalue weighted by Crippen LogP contribution is 2.52. The van der Waals surface area contributed by atoms with Crippen LogP contribution in [-0.4, -0.2) is 84.9 Å². The SMILES string of the molecule is C[C@@H](O)[C@H]1C(=O)N2C(C(=O)O)=C(S[C@H]3C[C@@H](C(=O)Nc4cccc(C(=O)[O-])c4)N(C(=O)O)C3)[C@H](C)[C@H]12. The van der Waals surface area contributed by atoms with E-state index in [2.05, 4.69) is 5.32 Å². The van der Waals surface area contributed by atoms with Gasteiger partial charge >= 0.3 is 12.1 Å². The zero-order valence-corrected chi connectivity index (χ0v) is 20.1. The molecule has 0 aromatic heterocycles. The molecule has 3 aliphatic heterocycles. The number of nitrogens with zero attached hydrogens (tertiary/aromatic N) is 2. The second-order valence-corrected chi connectivity index (χ2v) is 10.4. The minimum atomic E-state index is -1.43. The number of likely N-dealkylation sites (tertiary alicyclic amines) is 1. The molecule has 4 rings (SSSR count). The number of carboxylic acids is 2. The number of hydrogen-bond donors (Lipinski definition) is 4. The predicted octanol–water partition coefficient (Wildman–Crippen LogP) is -0.00360. The van der Waals surface area contributed by atoms with Crippen molar-refractivity contribution in [2.45, 2.75) is 43.7 Å². The van der Waals surface area contributed by atoms with Crippen LogP contribution in [0.4, 0.5) is 10.5 Å². The van der Waals surface area contributed by atoms with Gasteiger partial charge in [0.25, 0.3) is 0 Å². The van der Waals surface area contributed by atoms with Crippen molar-refractivity contribution in [3.05, 3.63) is 40.4 Å². The lowest BCUT2D eigenvalue weighted by atomic mass is 9.79. The molecular formula is C23H24N3O9S-. The summed E-state index contributed by atoms with van der Waals surface area (Å²) in [6.45, 7) is 3.18. The average Bonchev–Trinajstić information content (AvgIpc) is 3.32. The van der Waals surface area contributed by atoms with Crippen molar-refractivity contribution in [3.8, 4) is 0 Å². The van der Waals surface area contributed by atoms with Crippen molar-refractivity contribution in [2.75, 3.05) is 11.9 Å². The molecule has 192 valence electrons. The summed E-state index contributed by atoms with van der Waals surface area (Å²) in [5, 5.41) is 42.6. The molecule has 3 amide bonds. The molecule has 0 unspecified atom stereocenters. The summed E-state index contributed by atoms with van der Waals surface area (Å²) in [4.78, 5) is 63.0. The third-order valence-electron chi connectivity index (χ3n) is 6.78. The minimum Gasteiger partial charge on any atom is -0.545 e. The van der Waals surface area contributed by atoms with Gasteiger partial charge in [0, 0.05) is 28.3 Å². The molecule has 4 N–H and O–H groups in total. The van der Waals surface area contributed by atoms with Crippen molar-refractivity contribution in [3.63, 3.8) is 0 Å². The van der Waals surface area contributed by atoms with Gasteiger partial charge in [0.05, 0.1) is 24.0 Å². The van der Waals surface area contributed by atoms with Gasteiger partial charge < -0.3 is 35.4 Å². The molecule has 1 aromatic carbocycles. The molecule has 36 heavy (non-hydrogen) atoms. The molecule has 0 radical (unpaired) electrons. The van der Waals surface area contributed by atoms with Gasteiger partial charge in [0.2, 0.25) is 11.8 Å². The molecule has 2 fully saturated rings. The molecule has 6 atom stereocenters. The lowest BCUT2D eigenvalue weighted by Crippen LogP contribution is -2.63. The van der Waals surface area contributed by atoms with E-state index in [0.29, 0.717) is 4.91 Å². The molecule has 0 spiro atoms. The average molecular weight is 519 g/mol. The van der Waals surface area contributed by atoms with Gasteiger partial charge in [-0.25, -0.2) is 9.59 Å². The lowest BCUT2D eigenvalue weighted by Gasteiger charge is -2.46. The van der Waals surface area contributed by atoms with E-state index in [1.807, 2.05) is 0 Å². The van der Waals surface area contributed by atoms with Crippen LogP contribution in [-0.2, 0) is 14.4 Å². The maximum Gasteiger partial charge on any atom is 0.408 e. The van der Waals surface area contributed by atoms with E-state index in [1.165, 1.54) is 36.1 Å². The third-order valence-corrected chi connectivity index (χ3v) is 8.28. The Morgan fingerprint density at radius 2 is 1.92 bits per heavy atom. The highest BCUT2D eigenvalue weighted by molar-refractivity contribution is 8.03. The maximum absolute atomic E-state index is 12.9. The monoisotopic (exact) mass is 518 g/mol. The van der Waals surface area contributed by atoms with Gasteiger partial charge in [-0.1, -0.05) is 19.1 Å². The van der Waals surface area contributed by atoms with Gasteiger partial charge in [0.1, 0.15) is 11.7 Å². The Bertz CT molecular complexity index is 1180. The van der Waals surface area contributed by atoms with Crippen LogP contribution in [0, 0.1) is 11.8 Å². The third kappa shape index (κ3) is 4.28. The molecule has 1 aromatic rings. The quantitative estimate of drug-likeness (QED) is 0.358. The first kappa shape index (κ1) is 25.5. The number of aliphatic hydroxyl groups is 1. The molecule has 0 aliphatic carbocycles. The fraction of sp³-hybridized carbons (Fsp3) is 0.435. The molecule has 3 aliphatic rings. The van der Waals surface area contributed by atoms with E-state index in [9.17, 15) is 44.4 Å². The van der Waals surface area contributed by atoms with Crippen LogP contribution in [0.25, 0.3) is 0 Å². The number of thioether (sulfide) groups is 1. The molecule has 0 saturated carbocycles. The normalized spacial score (nSPS) is 28.0. The van der Waals surface area contributed by atoms with E-state index in [1.54, 1.807) is 6.92 Å². The number of hydrogen-bond acceptors (Lipinski definition) is 8. The van der Waals surface area contributed by atoms with Gasteiger partial charge in [0.15, 0.2) is 0 Å². The van der Waals surface area contributed by atoms with Crippen molar-refractivity contribution < 1.29 is 44.4 Å². The number of β-lactam (4-membered cyclic amide) rings is 1. The van der Waals surface area contributed by atoms with Gasteiger partial charge in [-0.2, -0.15) is 0 Å². The zero-order chi connectivity index (χ0) is 26.5. The molecular weight excluding hydrogens is 494 g/mol. The van der Waals surface area contributed by atoms with E-state index >= 15 is 0 Å². The number of amides is 3. The van der Waals surface area contributed by atoms with Crippen molar-refractivity contribution in [2.24, 2.45) is 11.8 Å². The Kier molecular flexibility index (Phi) is 6.71. The Hall–Kier alpha value is -3.58. The van der Waals surface area contributed by atoms with Crippen molar-refractivity contribution in [1.82, 2.24) is 9.80 Å². The molecule has 12 nitrogen and oxygen atoms in total. The zero-order valence-electron chi connectivity index (χ0n) is 19.3. The summed E-state index contributed by atoms with van der Waals surface area (Å²) in [6, 6.07) is 3.77. The van der Waals surface area contributed by atoms with Crippen molar-refractivity contribution >= 4 is 47.3 Å². The second kappa shape index (κ2) is 9.47. The number of aliphatic hydroxyl groups excluding tert-OH is 1. The fourth-order valence-electron chi connectivity index (χ4n) is 5.15. The summed E-state index contributed by atoms with van der Waals surface area (Å²) < 4.78 is 0.